The number of amides is 2. The summed E-state index contributed by atoms with van der Waals surface area (Å²) in [6.45, 7) is 4.22. The van der Waals surface area contributed by atoms with Gasteiger partial charge in [0.2, 0.25) is 11.8 Å². The molecule has 8 heteroatoms. The Morgan fingerprint density at radius 2 is 1.92 bits per heavy atom. The topological polar surface area (TPSA) is 87.1 Å². The van der Waals surface area contributed by atoms with Gasteiger partial charge in [-0.05, 0) is 86.5 Å². The average molecular weight is 540 g/mol. The van der Waals surface area contributed by atoms with Gasteiger partial charge < -0.3 is 14.8 Å². The van der Waals surface area contributed by atoms with Crippen LogP contribution in [0.2, 0.25) is 11.3 Å². The third kappa shape index (κ3) is 5.22. The highest BCUT2D eigenvalue weighted by Gasteiger charge is 2.58. The van der Waals surface area contributed by atoms with Gasteiger partial charge in [-0.2, -0.15) is 0 Å². The number of carbonyl (C=O) groups is 2. The second-order valence-corrected chi connectivity index (χ2v) is 11.8. The van der Waals surface area contributed by atoms with E-state index in [4.69, 9.17) is 16.3 Å². The van der Waals surface area contributed by atoms with Crippen LogP contribution in [0.1, 0.15) is 83.6 Å². The Morgan fingerprint density at radius 3 is 2.61 bits per heavy atom. The minimum atomic E-state index is -0.946. The molecule has 1 aromatic carbocycles. The summed E-state index contributed by atoms with van der Waals surface area (Å²) >= 11 is 6.34. The van der Waals surface area contributed by atoms with Crippen LogP contribution >= 0.6 is 11.6 Å². The van der Waals surface area contributed by atoms with Crippen LogP contribution in [0.3, 0.4) is 0 Å². The molecule has 0 radical (unpaired) electrons. The molecule has 204 valence electrons. The normalized spacial score (nSPS) is 28.7. The Bertz CT molecular complexity index is 1140. The molecule has 2 saturated heterocycles. The van der Waals surface area contributed by atoms with Crippen molar-refractivity contribution in [3.63, 3.8) is 0 Å². The van der Waals surface area contributed by atoms with E-state index in [0.717, 1.165) is 56.1 Å². The number of carbonyl (C=O) groups excluding carboxylic acids is 2. The smallest absolute Gasteiger partial charge is 0.455 e. The molecular weight excluding hydrogens is 501 g/mol. The fraction of sp³-hybridized carbons (Fsp3) is 0.600. The molecule has 0 bridgehead atoms. The number of hydrogen-bond acceptors (Lipinski definition) is 5. The number of hydrogen-bond donors (Lipinski definition) is 2. The van der Waals surface area contributed by atoms with Crippen molar-refractivity contribution in [3.05, 3.63) is 45.5 Å². The second kappa shape index (κ2) is 11.6. The van der Waals surface area contributed by atoms with Crippen molar-refractivity contribution in [3.8, 4) is 5.75 Å². The number of phenolic OH excluding ortho intramolecular Hbond substituents is 1. The van der Waals surface area contributed by atoms with Crippen molar-refractivity contribution in [1.29, 1.82) is 0 Å². The molecule has 5 rings (SSSR count). The van der Waals surface area contributed by atoms with Gasteiger partial charge >= 0.3 is 7.12 Å². The SMILES string of the molecule is CCC1=C2[C@@H](CC/C(=C/c3ccc(O)cc3Cl)CC)OB(O)C[C@@H]2[C@@H]2C(=O)N(C3CCCCC3)C(=O)[C@@H]2C1. The van der Waals surface area contributed by atoms with E-state index < -0.39 is 7.12 Å². The van der Waals surface area contributed by atoms with E-state index in [2.05, 4.69) is 19.9 Å². The number of fused-ring (bicyclic) bond motifs is 3. The number of nitrogens with zero attached hydrogens (tertiary/aromatic N) is 1. The van der Waals surface area contributed by atoms with Gasteiger partial charge in [0.25, 0.3) is 0 Å². The summed E-state index contributed by atoms with van der Waals surface area (Å²) in [7, 11) is -0.946. The summed E-state index contributed by atoms with van der Waals surface area (Å²) in [4.78, 5) is 29.0. The summed E-state index contributed by atoms with van der Waals surface area (Å²) in [5.74, 6) is -0.708. The third-order valence-electron chi connectivity index (χ3n) is 9.23. The first-order chi connectivity index (χ1) is 18.3. The number of aromatic hydroxyl groups is 1. The zero-order valence-electron chi connectivity index (χ0n) is 22.5. The lowest BCUT2D eigenvalue weighted by Crippen LogP contribution is -2.46. The summed E-state index contributed by atoms with van der Waals surface area (Å²) < 4.78 is 6.13. The van der Waals surface area contributed by atoms with E-state index >= 15 is 0 Å². The highest BCUT2D eigenvalue weighted by molar-refractivity contribution is 6.43. The molecule has 2 aliphatic carbocycles. The monoisotopic (exact) mass is 539 g/mol. The first-order valence-electron chi connectivity index (χ1n) is 14.4. The lowest BCUT2D eigenvalue weighted by atomic mass is 9.58. The van der Waals surface area contributed by atoms with Gasteiger partial charge in [-0.15, -0.1) is 0 Å². The van der Waals surface area contributed by atoms with Crippen LogP contribution in [0.5, 0.6) is 5.75 Å². The largest absolute Gasteiger partial charge is 0.508 e. The lowest BCUT2D eigenvalue weighted by molar-refractivity contribution is -0.143. The molecule has 4 atom stereocenters. The van der Waals surface area contributed by atoms with Crippen LogP contribution in [0, 0.1) is 17.8 Å². The number of rotatable bonds is 7. The molecule has 3 fully saturated rings. The second-order valence-electron chi connectivity index (χ2n) is 11.4. The van der Waals surface area contributed by atoms with E-state index in [1.807, 2.05) is 6.07 Å². The maximum absolute atomic E-state index is 13.8. The average Bonchev–Trinajstić information content (AvgIpc) is 3.16. The molecule has 0 spiro atoms. The summed E-state index contributed by atoms with van der Waals surface area (Å²) in [5.41, 5.74) is 4.43. The molecule has 0 unspecified atom stereocenters. The fourth-order valence-electron chi connectivity index (χ4n) is 7.35. The number of benzene rings is 1. The molecular formula is C30H39BClNO5. The Balaban J connectivity index is 1.39. The summed E-state index contributed by atoms with van der Waals surface area (Å²) in [6, 6.07) is 5.01. The van der Waals surface area contributed by atoms with Gasteiger partial charge in [0.15, 0.2) is 0 Å². The fourth-order valence-corrected chi connectivity index (χ4v) is 7.58. The number of phenols is 1. The van der Waals surface area contributed by atoms with Crippen LogP contribution in [0.15, 0.2) is 34.9 Å². The van der Waals surface area contributed by atoms with Crippen molar-refractivity contribution in [2.45, 2.75) is 96.5 Å². The molecule has 6 nitrogen and oxygen atoms in total. The molecule has 2 aliphatic heterocycles. The maximum Gasteiger partial charge on any atom is 0.455 e. The van der Waals surface area contributed by atoms with Crippen molar-refractivity contribution in [2.24, 2.45) is 17.8 Å². The Kier molecular flexibility index (Phi) is 8.37. The van der Waals surface area contributed by atoms with Crippen molar-refractivity contribution < 1.29 is 24.4 Å². The Labute approximate surface area is 231 Å². The van der Waals surface area contributed by atoms with E-state index in [1.165, 1.54) is 17.6 Å². The van der Waals surface area contributed by atoms with Crippen LogP contribution in [0.25, 0.3) is 6.08 Å². The van der Waals surface area contributed by atoms with Gasteiger partial charge in [0, 0.05) is 6.04 Å². The van der Waals surface area contributed by atoms with Gasteiger partial charge in [0.1, 0.15) is 5.75 Å². The summed E-state index contributed by atoms with van der Waals surface area (Å²) in [5, 5.41) is 21.0. The zero-order valence-corrected chi connectivity index (χ0v) is 23.3. The van der Waals surface area contributed by atoms with Crippen LogP contribution in [-0.4, -0.2) is 46.1 Å². The predicted octanol–water partition coefficient (Wildman–Crippen LogP) is 6.16. The molecule has 1 aromatic rings. The van der Waals surface area contributed by atoms with Gasteiger partial charge in [0.05, 0.1) is 23.0 Å². The first kappa shape index (κ1) is 27.5. The molecule has 1 saturated carbocycles. The molecule has 2 heterocycles. The minimum Gasteiger partial charge on any atom is -0.508 e. The molecule has 4 aliphatic rings. The van der Waals surface area contributed by atoms with Crippen LogP contribution in [-0.2, 0) is 14.2 Å². The standard InChI is InChI=1S/C30H39BClNO5/c1-3-18(14-20-11-12-22(34)16-25(20)32)10-13-26-27-19(4-2)15-23-28(24(27)17-31(37)38-26)30(36)33(29(23)35)21-8-6-5-7-9-21/h11-12,14,16,21,23-24,26,28,34,37H,3-10,13,15,17H2,1-2H3/b18-14+/t23-,24+,26-,28-/m1/s1. The number of halogens is 1. The predicted molar refractivity (Wildman–Crippen MR) is 149 cm³/mol. The maximum atomic E-state index is 13.8. The third-order valence-corrected chi connectivity index (χ3v) is 9.56. The highest BCUT2D eigenvalue weighted by atomic mass is 35.5. The highest BCUT2D eigenvalue weighted by Crippen LogP contribution is 2.52. The summed E-state index contributed by atoms with van der Waals surface area (Å²) in [6.07, 6.45) is 11.0. The first-order valence-corrected chi connectivity index (χ1v) is 14.8. The van der Waals surface area contributed by atoms with Crippen LogP contribution in [0.4, 0.5) is 0 Å². The van der Waals surface area contributed by atoms with Crippen molar-refractivity contribution >= 4 is 36.6 Å². The number of likely N-dealkylation sites (tertiary alicyclic amines) is 1. The zero-order chi connectivity index (χ0) is 27.0. The van der Waals surface area contributed by atoms with Gasteiger partial charge in [-0.1, -0.05) is 61.9 Å². The minimum absolute atomic E-state index is 0.0106. The van der Waals surface area contributed by atoms with Gasteiger partial charge in [-0.3, -0.25) is 14.5 Å². The van der Waals surface area contributed by atoms with E-state index in [0.29, 0.717) is 24.2 Å². The van der Waals surface area contributed by atoms with E-state index in [1.54, 1.807) is 17.0 Å². The van der Waals surface area contributed by atoms with Gasteiger partial charge in [-0.25, -0.2) is 0 Å². The lowest BCUT2D eigenvalue weighted by Gasteiger charge is -2.43. The molecule has 2 amide bonds. The Hall–Kier alpha value is -2.09. The van der Waals surface area contributed by atoms with E-state index in [9.17, 15) is 19.7 Å². The van der Waals surface area contributed by atoms with E-state index in [-0.39, 0.29) is 47.5 Å². The Morgan fingerprint density at radius 1 is 1.16 bits per heavy atom. The number of allylic oxidation sites excluding steroid dienone is 2. The van der Waals surface area contributed by atoms with Crippen LogP contribution < -0.4 is 0 Å². The quantitative estimate of drug-likeness (QED) is 0.246. The molecule has 0 aromatic heterocycles. The molecule has 2 N–H and O–H groups in total. The number of imide groups is 1. The van der Waals surface area contributed by atoms with Crippen molar-refractivity contribution in [2.75, 3.05) is 0 Å². The molecule has 38 heavy (non-hydrogen) atoms. The van der Waals surface area contributed by atoms with Crippen molar-refractivity contribution in [1.82, 2.24) is 4.90 Å².